The third-order valence-electron chi connectivity index (χ3n) is 2.60. The average Bonchev–Trinajstić information content (AvgIpc) is 2.15. The van der Waals surface area contributed by atoms with E-state index in [9.17, 15) is 4.79 Å². The van der Waals surface area contributed by atoms with Gasteiger partial charge in [0.2, 0.25) is 0 Å². The minimum absolute atomic E-state index is 0.397. The van der Waals surface area contributed by atoms with Gasteiger partial charge in [-0.1, -0.05) is 19.9 Å². The van der Waals surface area contributed by atoms with Gasteiger partial charge in [-0.15, -0.1) is 0 Å². The molecule has 0 aromatic carbocycles. The van der Waals surface area contributed by atoms with Crippen molar-refractivity contribution in [3.05, 3.63) is 11.6 Å². The molecule has 0 aliphatic heterocycles. The summed E-state index contributed by atoms with van der Waals surface area (Å²) in [4.78, 5) is 11.6. The topological polar surface area (TPSA) is 17.1 Å². The lowest BCUT2D eigenvalue weighted by Gasteiger charge is -2.11. The minimum atomic E-state index is 0.397. The summed E-state index contributed by atoms with van der Waals surface area (Å²) in [5.74, 6) is 1.04. The normalized spacial score (nSPS) is 17.3. The zero-order valence-corrected chi connectivity index (χ0v) is 8.81. The highest BCUT2D eigenvalue weighted by Gasteiger charge is 2.12. The van der Waals surface area contributed by atoms with Crippen molar-refractivity contribution in [2.24, 2.45) is 5.92 Å². The first-order valence-electron chi connectivity index (χ1n) is 5.42. The summed E-state index contributed by atoms with van der Waals surface area (Å²) >= 11 is 0. The number of ketones is 1. The molecule has 74 valence electrons. The van der Waals surface area contributed by atoms with Crippen LogP contribution in [0.3, 0.4) is 0 Å². The molecule has 0 saturated carbocycles. The maximum Gasteiger partial charge on any atom is 0.158 e. The quantitative estimate of drug-likeness (QED) is 0.647. The van der Waals surface area contributed by atoms with Crippen molar-refractivity contribution in [3.8, 4) is 0 Å². The molecule has 0 heterocycles. The molecule has 0 amide bonds. The van der Waals surface area contributed by atoms with Gasteiger partial charge < -0.3 is 0 Å². The zero-order chi connectivity index (χ0) is 9.68. The predicted octanol–water partition coefficient (Wildman–Crippen LogP) is 3.49. The molecule has 0 N–H and O–H groups in total. The van der Waals surface area contributed by atoms with Crippen molar-refractivity contribution in [1.82, 2.24) is 0 Å². The fourth-order valence-electron chi connectivity index (χ4n) is 1.67. The van der Waals surface area contributed by atoms with Gasteiger partial charge in [-0.05, 0) is 43.6 Å². The number of hydrogen-bond donors (Lipinski definition) is 0. The van der Waals surface area contributed by atoms with Gasteiger partial charge in [-0.2, -0.15) is 0 Å². The first-order chi connectivity index (χ1) is 6.20. The first kappa shape index (κ1) is 10.5. The molecule has 0 saturated heterocycles. The van der Waals surface area contributed by atoms with E-state index < -0.39 is 0 Å². The molecule has 0 unspecified atom stereocenters. The second-order valence-electron chi connectivity index (χ2n) is 4.33. The molecule has 1 heteroatoms. The van der Waals surface area contributed by atoms with Crippen molar-refractivity contribution in [1.29, 1.82) is 0 Å². The Morgan fingerprint density at radius 1 is 1.46 bits per heavy atom. The van der Waals surface area contributed by atoms with Crippen LogP contribution >= 0.6 is 0 Å². The smallest absolute Gasteiger partial charge is 0.158 e. The van der Waals surface area contributed by atoms with Crippen molar-refractivity contribution >= 4 is 5.78 Å². The van der Waals surface area contributed by atoms with Crippen LogP contribution in [-0.4, -0.2) is 5.78 Å². The predicted molar refractivity (Wildman–Crippen MR) is 55.6 cm³/mol. The summed E-state index contributed by atoms with van der Waals surface area (Å²) in [5.41, 5.74) is 1.10. The van der Waals surface area contributed by atoms with Crippen molar-refractivity contribution in [2.75, 3.05) is 0 Å². The molecule has 0 atom stereocenters. The molecule has 1 nitrogen and oxygen atoms in total. The number of rotatable bonds is 4. The van der Waals surface area contributed by atoms with Crippen LogP contribution in [0.25, 0.3) is 0 Å². The highest BCUT2D eigenvalue weighted by atomic mass is 16.1. The molecule has 0 radical (unpaired) electrons. The molecule has 0 aromatic rings. The molecule has 13 heavy (non-hydrogen) atoms. The third-order valence-corrected chi connectivity index (χ3v) is 2.60. The van der Waals surface area contributed by atoms with Crippen LogP contribution in [0.4, 0.5) is 0 Å². The highest BCUT2D eigenvalue weighted by Crippen LogP contribution is 2.20. The van der Waals surface area contributed by atoms with Crippen LogP contribution in [-0.2, 0) is 4.79 Å². The van der Waals surface area contributed by atoms with E-state index in [2.05, 4.69) is 19.9 Å². The van der Waals surface area contributed by atoms with E-state index >= 15 is 0 Å². The van der Waals surface area contributed by atoms with Gasteiger partial charge in [0.1, 0.15) is 0 Å². The molecule has 0 aromatic heterocycles. The lowest BCUT2D eigenvalue weighted by atomic mass is 9.93. The standard InChI is InChI=1S/C12H20O/c1-10(2)8-9-12(13)11-6-4-3-5-7-11/h6,10H,3-5,7-9H2,1-2H3. The Balaban J connectivity index is 2.34. The van der Waals surface area contributed by atoms with Crippen LogP contribution in [0.5, 0.6) is 0 Å². The van der Waals surface area contributed by atoms with Crippen LogP contribution in [0.1, 0.15) is 52.4 Å². The monoisotopic (exact) mass is 180 g/mol. The Kier molecular flexibility index (Phi) is 4.20. The maximum atomic E-state index is 11.6. The van der Waals surface area contributed by atoms with Crippen LogP contribution in [0.15, 0.2) is 11.6 Å². The van der Waals surface area contributed by atoms with Crippen LogP contribution in [0.2, 0.25) is 0 Å². The second kappa shape index (κ2) is 5.21. The van der Waals surface area contributed by atoms with E-state index in [-0.39, 0.29) is 0 Å². The fourth-order valence-corrected chi connectivity index (χ4v) is 1.67. The van der Waals surface area contributed by atoms with Crippen LogP contribution < -0.4 is 0 Å². The first-order valence-corrected chi connectivity index (χ1v) is 5.42. The van der Waals surface area contributed by atoms with Crippen LogP contribution in [0, 0.1) is 5.92 Å². The van der Waals surface area contributed by atoms with E-state index in [0.717, 1.165) is 31.3 Å². The zero-order valence-electron chi connectivity index (χ0n) is 8.81. The number of carbonyl (C=O) groups excluding carboxylic acids is 1. The third kappa shape index (κ3) is 3.75. The summed E-state index contributed by atoms with van der Waals surface area (Å²) < 4.78 is 0. The van der Waals surface area contributed by atoms with Gasteiger partial charge in [-0.3, -0.25) is 4.79 Å². The lowest BCUT2D eigenvalue weighted by molar-refractivity contribution is -0.116. The Morgan fingerprint density at radius 3 is 2.77 bits per heavy atom. The summed E-state index contributed by atoms with van der Waals surface area (Å²) in [7, 11) is 0. The van der Waals surface area contributed by atoms with Crippen molar-refractivity contribution in [2.45, 2.75) is 52.4 Å². The van der Waals surface area contributed by atoms with E-state index in [1.54, 1.807) is 0 Å². The minimum Gasteiger partial charge on any atom is -0.295 e. The summed E-state index contributed by atoms with van der Waals surface area (Å²) in [6.45, 7) is 4.34. The Hall–Kier alpha value is -0.590. The average molecular weight is 180 g/mol. The van der Waals surface area contributed by atoms with E-state index in [1.807, 2.05) is 0 Å². The number of carbonyl (C=O) groups is 1. The van der Waals surface area contributed by atoms with Gasteiger partial charge in [0.25, 0.3) is 0 Å². The molecule has 0 fully saturated rings. The fraction of sp³-hybridized carbons (Fsp3) is 0.750. The molecule has 1 aliphatic rings. The number of hydrogen-bond acceptors (Lipinski definition) is 1. The van der Waals surface area contributed by atoms with Crippen molar-refractivity contribution < 1.29 is 4.79 Å². The molecular weight excluding hydrogens is 160 g/mol. The van der Waals surface area contributed by atoms with E-state index in [1.165, 1.54) is 12.8 Å². The summed E-state index contributed by atoms with van der Waals surface area (Å²) in [6, 6.07) is 0. The van der Waals surface area contributed by atoms with E-state index in [4.69, 9.17) is 0 Å². The second-order valence-corrected chi connectivity index (χ2v) is 4.33. The molecule has 0 bridgehead atoms. The van der Waals surface area contributed by atoms with Crippen molar-refractivity contribution in [3.63, 3.8) is 0 Å². The Labute approximate surface area is 81.2 Å². The number of allylic oxidation sites excluding steroid dienone is 2. The SMILES string of the molecule is CC(C)CCC(=O)C1=CCCCC1. The van der Waals surface area contributed by atoms with E-state index in [0.29, 0.717) is 11.7 Å². The Morgan fingerprint density at radius 2 is 2.23 bits per heavy atom. The van der Waals surface area contributed by atoms with Gasteiger partial charge in [0.05, 0.1) is 0 Å². The largest absolute Gasteiger partial charge is 0.295 e. The van der Waals surface area contributed by atoms with Gasteiger partial charge >= 0.3 is 0 Å². The van der Waals surface area contributed by atoms with Gasteiger partial charge in [0.15, 0.2) is 5.78 Å². The maximum absolute atomic E-state index is 11.6. The van der Waals surface area contributed by atoms with Gasteiger partial charge in [-0.25, -0.2) is 0 Å². The highest BCUT2D eigenvalue weighted by molar-refractivity contribution is 5.95. The lowest BCUT2D eigenvalue weighted by Crippen LogP contribution is -2.06. The molecule has 1 rings (SSSR count). The Bertz CT molecular complexity index is 201. The van der Waals surface area contributed by atoms with Gasteiger partial charge in [0, 0.05) is 6.42 Å². The molecule has 0 spiro atoms. The molecular formula is C12H20O. The number of Topliss-reactive ketones (excluding diaryl/α,β-unsaturated/α-hetero) is 1. The summed E-state index contributed by atoms with van der Waals surface area (Å²) in [5, 5.41) is 0. The molecule has 1 aliphatic carbocycles. The summed E-state index contributed by atoms with van der Waals surface area (Å²) in [6.07, 6.45) is 8.55.